The molecule has 0 amide bonds. The number of nitrogens with zero attached hydrogens (tertiary/aromatic N) is 1. The summed E-state index contributed by atoms with van der Waals surface area (Å²) in [6.07, 6.45) is 1.20. The van der Waals surface area contributed by atoms with E-state index >= 15 is 0 Å². The molecule has 80 valence electrons. The number of halogens is 2. The zero-order valence-electron chi connectivity index (χ0n) is 8.43. The predicted molar refractivity (Wildman–Crippen MR) is 59.3 cm³/mol. The van der Waals surface area contributed by atoms with Crippen LogP contribution in [0.3, 0.4) is 0 Å². The maximum absolute atomic E-state index is 13.0. The van der Waals surface area contributed by atoms with Crippen LogP contribution < -0.4 is 5.32 Å². The molecule has 1 aromatic carbocycles. The number of nitriles is 1. The molecule has 4 heteroatoms. The third-order valence-electron chi connectivity index (χ3n) is 2.06. The molecule has 0 heterocycles. The van der Waals surface area contributed by atoms with Crippen LogP contribution in [0, 0.1) is 17.1 Å². The third kappa shape index (κ3) is 3.77. The van der Waals surface area contributed by atoms with Crippen molar-refractivity contribution in [3.05, 3.63) is 29.0 Å². The highest BCUT2D eigenvalue weighted by molar-refractivity contribution is 6.30. The number of rotatable bonds is 4. The second kappa shape index (κ2) is 5.57. The van der Waals surface area contributed by atoms with Gasteiger partial charge in [0, 0.05) is 16.8 Å². The molecule has 0 bridgehead atoms. The molecular formula is C11H12ClFN2. The van der Waals surface area contributed by atoms with Crippen LogP contribution in [0.25, 0.3) is 0 Å². The maximum atomic E-state index is 13.0. The SMILES string of the molecule is CCC(CC#N)Nc1cc(F)cc(Cl)c1. The molecule has 1 aromatic rings. The molecule has 1 N–H and O–H groups in total. The molecule has 0 radical (unpaired) electrons. The summed E-state index contributed by atoms with van der Waals surface area (Å²) >= 11 is 5.71. The molecule has 0 aliphatic rings. The van der Waals surface area contributed by atoms with Crippen molar-refractivity contribution in [2.75, 3.05) is 5.32 Å². The summed E-state index contributed by atoms with van der Waals surface area (Å²) in [6, 6.07) is 6.37. The van der Waals surface area contributed by atoms with Crippen molar-refractivity contribution < 1.29 is 4.39 Å². The topological polar surface area (TPSA) is 35.8 Å². The number of hydrogen-bond acceptors (Lipinski definition) is 2. The van der Waals surface area contributed by atoms with E-state index in [1.807, 2.05) is 6.92 Å². The number of hydrogen-bond donors (Lipinski definition) is 1. The molecule has 0 saturated heterocycles. The lowest BCUT2D eigenvalue weighted by Crippen LogP contribution is -2.17. The average Bonchev–Trinajstić information content (AvgIpc) is 2.15. The van der Waals surface area contributed by atoms with E-state index in [0.29, 0.717) is 17.1 Å². The number of nitrogens with one attached hydrogen (secondary N) is 1. The van der Waals surface area contributed by atoms with Crippen molar-refractivity contribution in [1.29, 1.82) is 5.26 Å². The highest BCUT2D eigenvalue weighted by atomic mass is 35.5. The Hall–Kier alpha value is -1.27. The second-order valence-electron chi connectivity index (χ2n) is 3.27. The fraction of sp³-hybridized carbons (Fsp3) is 0.364. The Morgan fingerprint density at radius 2 is 2.27 bits per heavy atom. The molecule has 1 unspecified atom stereocenters. The van der Waals surface area contributed by atoms with Gasteiger partial charge >= 0.3 is 0 Å². The van der Waals surface area contributed by atoms with Crippen LogP contribution in [0.5, 0.6) is 0 Å². The van der Waals surface area contributed by atoms with Gasteiger partial charge in [-0.2, -0.15) is 5.26 Å². The van der Waals surface area contributed by atoms with E-state index in [0.717, 1.165) is 6.42 Å². The van der Waals surface area contributed by atoms with Crippen LogP contribution in [-0.4, -0.2) is 6.04 Å². The Morgan fingerprint density at radius 3 is 2.80 bits per heavy atom. The van der Waals surface area contributed by atoms with Gasteiger partial charge in [-0.05, 0) is 24.6 Å². The van der Waals surface area contributed by atoms with Crippen molar-refractivity contribution in [2.45, 2.75) is 25.8 Å². The van der Waals surface area contributed by atoms with E-state index in [2.05, 4.69) is 11.4 Å². The fourth-order valence-corrected chi connectivity index (χ4v) is 1.50. The quantitative estimate of drug-likeness (QED) is 0.852. The molecule has 0 saturated carbocycles. The predicted octanol–water partition coefficient (Wildman–Crippen LogP) is 3.58. The molecule has 1 atom stereocenters. The van der Waals surface area contributed by atoms with Gasteiger partial charge in [-0.1, -0.05) is 18.5 Å². The minimum absolute atomic E-state index is 0.0351. The van der Waals surface area contributed by atoms with Gasteiger partial charge in [-0.15, -0.1) is 0 Å². The van der Waals surface area contributed by atoms with E-state index in [4.69, 9.17) is 16.9 Å². The third-order valence-corrected chi connectivity index (χ3v) is 2.28. The molecule has 1 rings (SSSR count). The minimum Gasteiger partial charge on any atom is -0.381 e. The lowest BCUT2D eigenvalue weighted by molar-refractivity contribution is 0.627. The smallest absolute Gasteiger partial charge is 0.126 e. The van der Waals surface area contributed by atoms with Crippen molar-refractivity contribution in [1.82, 2.24) is 0 Å². The Bertz CT molecular complexity index is 353. The summed E-state index contributed by atoms with van der Waals surface area (Å²) in [5.74, 6) is -0.378. The van der Waals surface area contributed by atoms with E-state index < -0.39 is 0 Å². The van der Waals surface area contributed by atoms with E-state index in [1.165, 1.54) is 12.1 Å². The summed E-state index contributed by atoms with van der Waals surface area (Å²) < 4.78 is 13.0. The molecule has 15 heavy (non-hydrogen) atoms. The average molecular weight is 227 g/mol. The maximum Gasteiger partial charge on any atom is 0.126 e. The highest BCUT2D eigenvalue weighted by Crippen LogP contribution is 2.19. The summed E-state index contributed by atoms with van der Waals surface area (Å²) in [6.45, 7) is 1.97. The van der Waals surface area contributed by atoms with E-state index in [9.17, 15) is 4.39 Å². The van der Waals surface area contributed by atoms with Gasteiger partial charge < -0.3 is 5.32 Å². The Labute approximate surface area is 93.7 Å². The lowest BCUT2D eigenvalue weighted by atomic mass is 10.1. The van der Waals surface area contributed by atoms with Crippen LogP contribution in [0.2, 0.25) is 5.02 Å². The van der Waals surface area contributed by atoms with E-state index in [1.54, 1.807) is 6.07 Å². The van der Waals surface area contributed by atoms with Crippen molar-refractivity contribution in [3.63, 3.8) is 0 Å². The van der Waals surface area contributed by atoms with Gasteiger partial charge in [0.05, 0.1) is 12.5 Å². The van der Waals surface area contributed by atoms with Crippen molar-refractivity contribution >= 4 is 17.3 Å². The summed E-state index contributed by atoms with van der Waals surface area (Å²) in [4.78, 5) is 0. The van der Waals surface area contributed by atoms with Gasteiger partial charge in [-0.3, -0.25) is 0 Å². The van der Waals surface area contributed by atoms with Gasteiger partial charge in [0.25, 0.3) is 0 Å². The summed E-state index contributed by atoms with van der Waals surface area (Å²) in [5.41, 5.74) is 0.613. The summed E-state index contributed by atoms with van der Waals surface area (Å²) in [7, 11) is 0. The van der Waals surface area contributed by atoms with Crippen LogP contribution in [0.1, 0.15) is 19.8 Å². The molecule has 0 aliphatic carbocycles. The van der Waals surface area contributed by atoms with Gasteiger partial charge in [0.15, 0.2) is 0 Å². The number of anilines is 1. The molecule has 0 aromatic heterocycles. The minimum atomic E-state index is -0.378. The largest absolute Gasteiger partial charge is 0.381 e. The van der Waals surface area contributed by atoms with Crippen LogP contribution in [0.4, 0.5) is 10.1 Å². The molecule has 0 fully saturated rings. The monoisotopic (exact) mass is 226 g/mol. The fourth-order valence-electron chi connectivity index (χ4n) is 1.28. The normalized spacial score (nSPS) is 11.9. The lowest BCUT2D eigenvalue weighted by Gasteiger charge is -2.15. The first-order valence-electron chi connectivity index (χ1n) is 4.75. The van der Waals surface area contributed by atoms with Crippen LogP contribution >= 0.6 is 11.6 Å². The number of benzene rings is 1. The van der Waals surface area contributed by atoms with Gasteiger partial charge in [-0.25, -0.2) is 4.39 Å². The first kappa shape index (κ1) is 11.8. The van der Waals surface area contributed by atoms with Crippen LogP contribution in [0.15, 0.2) is 18.2 Å². The summed E-state index contributed by atoms with van der Waals surface area (Å²) in [5, 5.41) is 12.0. The molecular weight excluding hydrogens is 215 g/mol. The Morgan fingerprint density at radius 1 is 1.53 bits per heavy atom. The molecule has 0 spiro atoms. The van der Waals surface area contributed by atoms with E-state index in [-0.39, 0.29) is 11.9 Å². The first-order valence-corrected chi connectivity index (χ1v) is 5.13. The molecule has 0 aliphatic heterocycles. The Kier molecular flexibility index (Phi) is 4.38. The van der Waals surface area contributed by atoms with Gasteiger partial charge in [0.1, 0.15) is 5.82 Å². The molecule has 2 nitrogen and oxygen atoms in total. The Balaban J connectivity index is 2.75. The van der Waals surface area contributed by atoms with Crippen molar-refractivity contribution in [3.8, 4) is 6.07 Å². The van der Waals surface area contributed by atoms with Gasteiger partial charge in [0.2, 0.25) is 0 Å². The van der Waals surface area contributed by atoms with Crippen LogP contribution in [-0.2, 0) is 0 Å². The zero-order valence-corrected chi connectivity index (χ0v) is 9.18. The van der Waals surface area contributed by atoms with Crippen molar-refractivity contribution in [2.24, 2.45) is 0 Å². The zero-order chi connectivity index (χ0) is 11.3. The standard InChI is InChI=1S/C11H12ClFN2/c1-2-10(3-4-14)15-11-6-8(12)5-9(13)7-11/h5-7,10,15H,2-3H2,1H3. The first-order chi connectivity index (χ1) is 7.15. The second-order valence-corrected chi connectivity index (χ2v) is 3.71. The highest BCUT2D eigenvalue weighted by Gasteiger charge is 2.06.